The van der Waals surface area contributed by atoms with Crippen molar-refractivity contribution in [3.05, 3.63) is 77.5 Å². The first-order valence-electron chi connectivity index (χ1n) is 7.96. The van der Waals surface area contributed by atoms with E-state index in [2.05, 4.69) is 9.97 Å². The van der Waals surface area contributed by atoms with E-state index in [4.69, 9.17) is 4.74 Å². The summed E-state index contributed by atoms with van der Waals surface area (Å²) in [5.74, 6) is 0.916. The minimum Gasteiger partial charge on any atom is -0.439 e. The second-order valence-corrected chi connectivity index (χ2v) is 5.84. The van der Waals surface area contributed by atoms with Gasteiger partial charge in [0.2, 0.25) is 11.8 Å². The number of benzene rings is 2. The number of hydrogen-bond acceptors (Lipinski definition) is 4. The van der Waals surface area contributed by atoms with Crippen LogP contribution in [-0.4, -0.2) is 16.5 Å². The molecule has 0 amide bonds. The average molecular weight is 339 g/mol. The monoisotopic (exact) mass is 339 g/mol. The molecule has 0 saturated heterocycles. The lowest BCUT2D eigenvalue weighted by atomic mass is 10.00. The third-order valence-electron chi connectivity index (χ3n) is 4.12. The number of anilines is 1. The van der Waals surface area contributed by atoms with Gasteiger partial charge in [0.15, 0.2) is 0 Å². The molecule has 0 spiro atoms. The molecule has 4 rings (SSSR count). The molecule has 0 N–H and O–H groups in total. The fourth-order valence-corrected chi connectivity index (χ4v) is 2.86. The lowest BCUT2D eigenvalue weighted by Crippen LogP contribution is -2.31. The van der Waals surface area contributed by atoms with E-state index in [9.17, 15) is 8.78 Å². The molecule has 0 radical (unpaired) electrons. The van der Waals surface area contributed by atoms with Crippen molar-refractivity contribution in [1.29, 1.82) is 0 Å². The zero-order chi connectivity index (χ0) is 17.2. The van der Waals surface area contributed by atoms with Gasteiger partial charge in [-0.3, -0.25) is 0 Å². The zero-order valence-corrected chi connectivity index (χ0v) is 13.3. The first-order valence-corrected chi connectivity index (χ1v) is 7.96. The summed E-state index contributed by atoms with van der Waals surface area (Å²) in [5.41, 5.74) is 2.09. The molecule has 126 valence electrons. The van der Waals surface area contributed by atoms with Gasteiger partial charge in [-0.05, 0) is 53.9 Å². The Kier molecular flexibility index (Phi) is 4.01. The largest absolute Gasteiger partial charge is 0.439 e. The third-order valence-corrected chi connectivity index (χ3v) is 4.12. The molecule has 2 heterocycles. The van der Waals surface area contributed by atoms with Gasteiger partial charge in [0.25, 0.3) is 0 Å². The van der Waals surface area contributed by atoms with Crippen LogP contribution in [0, 0.1) is 11.6 Å². The molecule has 1 aliphatic heterocycles. The van der Waals surface area contributed by atoms with Crippen LogP contribution >= 0.6 is 0 Å². The third kappa shape index (κ3) is 3.42. The highest BCUT2D eigenvalue weighted by molar-refractivity contribution is 5.41. The van der Waals surface area contributed by atoms with Crippen LogP contribution in [0.1, 0.15) is 11.1 Å². The van der Waals surface area contributed by atoms with Gasteiger partial charge in [-0.15, -0.1) is 0 Å². The van der Waals surface area contributed by atoms with Crippen molar-refractivity contribution in [2.75, 3.05) is 11.4 Å². The van der Waals surface area contributed by atoms with Crippen molar-refractivity contribution in [3.63, 3.8) is 0 Å². The van der Waals surface area contributed by atoms with Crippen molar-refractivity contribution in [3.8, 4) is 11.6 Å². The van der Waals surface area contributed by atoms with Crippen LogP contribution in [0.25, 0.3) is 0 Å². The molecule has 0 atom stereocenters. The molecular formula is C19H15F2N3O. The highest BCUT2D eigenvalue weighted by Gasteiger charge is 2.19. The first kappa shape index (κ1) is 15.5. The van der Waals surface area contributed by atoms with E-state index in [0.717, 1.165) is 17.5 Å². The molecular weight excluding hydrogens is 324 g/mol. The maximum Gasteiger partial charge on any atom is 0.228 e. The van der Waals surface area contributed by atoms with Crippen LogP contribution in [0.5, 0.6) is 11.6 Å². The Morgan fingerprint density at radius 1 is 0.920 bits per heavy atom. The number of hydrogen-bond donors (Lipinski definition) is 0. The summed E-state index contributed by atoms with van der Waals surface area (Å²) in [7, 11) is 0. The van der Waals surface area contributed by atoms with Gasteiger partial charge in [-0.2, -0.15) is 4.98 Å². The molecule has 1 aromatic heterocycles. The van der Waals surface area contributed by atoms with Crippen LogP contribution in [0.2, 0.25) is 0 Å². The summed E-state index contributed by atoms with van der Waals surface area (Å²) >= 11 is 0. The van der Waals surface area contributed by atoms with E-state index >= 15 is 0 Å². The van der Waals surface area contributed by atoms with Crippen molar-refractivity contribution < 1.29 is 13.5 Å². The van der Waals surface area contributed by atoms with E-state index in [1.165, 1.54) is 18.2 Å². The van der Waals surface area contributed by atoms with E-state index in [1.54, 1.807) is 36.5 Å². The van der Waals surface area contributed by atoms with Gasteiger partial charge in [0, 0.05) is 25.4 Å². The van der Waals surface area contributed by atoms with Gasteiger partial charge in [-0.25, -0.2) is 13.8 Å². The maximum atomic E-state index is 13.3. The molecule has 0 unspecified atom stereocenters. The quantitative estimate of drug-likeness (QED) is 0.720. The van der Waals surface area contributed by atoms with Gasteiger partial charge < -0.3 is 9.64 Å². The smallest absolute Gasteiger partial charge is 0.228 e. The Morgan fingerprint density at radius 2 is 1.72 bits per heavy atom. The summed E-state index contributed by atoms with van der Waals surface area (Å²) in [6, 6.07) is 12.3. The molecule has 0 fully saturated rings. The fourth-order valence-electron chi connectivity index (χ4n) is 2.86. The number of aromatic nitrogens is 2. The van der Waals surface area contributed by atoms with E-state index in [-0.39, 0.29) is 11.6 Å². The Labute approximate surface area is 143 Å². The predicted octanol–water partition coefficient (Wildman–Crippen LogP) is 4.11. The summed E-state index contributed by atoms with van der Waals surface area (Å²) in [6.07, 6.45) is 2.36. The zero-order valence-electron chi connectivity index (χ0n) is 13.3. The molecule has 4 nitrogen and oxygen atoms in total. The second-order valence-electron chi connectivity index (χ2n) is 5.84. The van der Waals surface area contributed by atoms with Crippen LogP contribution in [0.15, 0.2) is 54.7 Å². The normalized spacial score (nSPS) is 13.4. The topological polar surface area (TPSA) is 38.2 Å². The van der Waals surface area contributed by atoms with Gasteiger partial charge >= 0.3 is 0 Å². The van der Waals surface area contributed by atoms with Gasteiger partial charge in [0.05, 0.1) is 0 Å². The number of halogens is 2. The predicted molar refractivity (Wildman–Crippen MR) is 89.7 cm³/mol. The van der Waals surface area contributed by atoms with Gasteiger partial charge in [0.1, 0.15) is 17.4 Å². The molecule has 1 aliphatic rings. The van der Waals surface area contributed by atoms with Crippen LogP contribution in [0.3, 0.4) is 0 Å². The van der Waals surface area contributed by atoms with Crippen molar-refractivity contribution >= 4 is 5.95 Å². The first-order chi connectivity index (χ1) is 12.2. The minimum atomic E-state index is -0.320. The highest BCUT2D eigenvalue weighted by atomic mass is 19.1. The highest BCUT2D eigenvalue weighted by Crippen LogP contribution is 2.25. The molecule has 25 heavy (non-hydrogen) atoms. The van der Waals surface area contributed by atoms with Gasteiger partial charge in [-0.1, -0.05) is 6.07 Å². The minimum absolute atomic E-state index is 0.210. The maximum absolute atomic E-state index is 13.3. The number of fused-ring (bicyclic) bond motifs is 1. The number of nitrogens with zero attached hydrogens (tertiary/aromatic N) is 3. The number of rotatable bonds is 3. The lowest BCUT2D eigenvalue weighted by molar-refractivity contribution is 0.459. The number of ether oxygens (including phenoxy) is 1. The second kappa shape index (κ2) is 6.47. The Morgan fingerprint density at radius 3 is 2.56 bits per heavy atom. The lowest BCUT2D eigenvalue weighted by Gasteiger charge is -2.28. The summed E-state index contributed by atoms with van der Waals surface area (Å²) < 4.78 is 31.9. The van der Waals surface area contributed by atoms with E-state index in [1.807, 2.05) is 4.90 Å². The summed E-state index contributed by atoms with van der Waals surface area (Å²) in [6.45, 7) is 1.33. The fraction of sp³-hybridized carbons (Fsp3) is 0.158. The van der Waals surface area contributed by atoms with E-state index in [0.29, 0.717) is 30.7 Å². The molecule has 0 aliphatic carbocycles. The molecule has 2 aromatic carbocycles. The van der Waals surface area contributed by atoms with Crippen LogP contribution in [0.4, 0.5) is 14.7 Å². The molecule has 0 saturated carbocycles. The molecule has 6 heteroatoms. The van der Waals surface area contributed by atoms with Crippen molar-refractivity contribution in [1.82, 2.24) is 9.97 Å². The Hall–Kier alpha value is -3.02. The van der Waals surface area contributed by atoms with E-state index < -0.39 is 0 Å². The SMILES string of the molecule is Fc1ccc(Oc2ccnc(N3CCc4cc(F)ccc4C3)n2)cc1. The molecule has 3 aromatic rings. The summed E-state index contributed by atoms with van der Waals surface area (Å²) in [4.78, 5) is 10.8. The standard InChI is InChI=1S/C19H15F2N3O/c20-15-3-5-17(6-4-15)25-18-7-9-22-19(23-18)24-10-8-13-11-16(21)2-1-14(13)12-24/h1-7,9,11H,8,10,12H2. The van der Waals surface area contributed by atoms with Crippen LogP contribution < -0.4 is 9.64 Å². The average Bonchev–Trinajstić information content (AvgIpc) is 2.63. The van der Waals surface area contributed by atoms with Crippen LogP contribution in [-0.2, 0) is 13.0 Å². The summed E-state index contributed by atoms with van der Waals surface area (Å²) in [5, 5.41) is 0. The Bertz CT molecular complexity index is 899. The van der Waals surface area contributed by atoms with Crippen molar-refractivity contribution in [2.24, 2.45) is 0 Å². The molecule has 0 bridgehead atoms. The van der Waals surface area contributed by atoms with Crippen molar-refractivity contribution in [2.45, 2.75) is 13.0 Å². The Balaban J connectivity index is 1.53.